The average molecular weight is 346 g/mol. The first kappa shape index (κ1) is 15.9. The van der Waals surface area contributed by atoms with Gasteiger partial charge in [-0.05, 0) is 24.3 Å². The highest BCUT2D eigenvalue weighted by Gasteiger charge is 2.39. The van der Waals surface area contributed by atoms with Crippen LogP contribution in [0.15, 0.2) is 48.5 Å². The summed E-state index contributed by atoms with van der Waals surface area (Å²) in [7, 11) is 0. The molecule has 0 bridgehead atoms. The van der Waals surface area contributed by atoms with Gasteiger partial charge in [0.2, 0.25) is 5.91 Å². The number of non-ortho nitro benzene ring substituents is 1. The lowest BCUT2D eigenvalue weighted by Gasteiger charge is -2.16. The Labute approximate surface area is 142 Å². The summed E-state index contributed by atoms with van der Waals surface area (Å²) in [5, 5.41) is 14.1. The molecule has 0 radical (unpaired) electrons. The number of hydrogen-bond acceptors (Lipinski definition) is 5. The monoisotopic (exact) mass is 345 g/mol. The molecule has 2 aromatic rings. The van der Waals surface area contributed by atoms with Crippen LogP contribution in [0.5, 0.6) is 0 Å². The van der Waals surface area contributed by atoms with Gasteiger partial charge in [-0.15, -0.1) is 0 Å². The number of carbonyl (C=O) groups excluding carboxylic acids is 2. The van der Waals surface area contributed by atoms with E-state index in [2.05, 4.69) is 5.32 Å². The fourth-order valence-corrected chi connectivity index (χ4v) is 2.73. The van der Waals surface area contributed by atoms with Gasteiger partial charge in [-0.25, -0.2) is 4.90 Å². The van der Waals surface area contributed by atoms with Gasteiger partial charge < -0.3 is 5.32 Å². The molecule has 1 fully saturated rings. The first-order valence-electron chi connectivity index (χ1n) is 7.09. The number of imide groups is 1. The van der Waals surface area contributed by atoms with Gasteiger partial charge in [0.15, 0.2) is 0 Å². The van der Waals surface area contributed by atoms with E-state index in [1.807, 2.05) is 0 Å². The Kier molecular flexibility index (Phi) is 4.18. The molecule has 3 rings (SSSR count). The number of rotatable bonds is 4. The van der Waals surface area contributed by atoms with Crippen molar-refractivity contribution in [3.63, 3.8) is 0 Å². The first-order valence-corrected chi connectivity index (χ1v) is 7.47. The Bertz CT molecular complexity index is 840. The number of hydrogen-bond donors (Lipinski definition) is 1. The Morgan fingerprint density at radius 3 is 2.62 bits per heavy atom. The maximum atomic E-state index is 12.5. The van der Waals surface area contributed by atoms with Crippen LogP contribution >= 0.6 is 11.6 Å². The van der Waals surface area contributed by atoms with E-state index < -0.39 is 16.9 Å². The van der Waals surface area contributed by atoms with Crippen molar-refractivity contribution in [1.29, 1.82) is 0 Å². The molecule has 1 aliphatic rings. The van der Waals surface area contributed by atoms with E-state index in [4.69, 9.17) is 11.6 Å². The lowest BCUT2D eigenvalue weighted by molar-refractivity contribution is -0.384. The standard InChI is InChI=1S/C16H12ClN3O4/c17-10-3-1-5-12(7-10)19-15(21)9-14(16(19)22)18-11-4-2-6-13(8-11)20(23)24/h1-8,14,18H,9H2/t14-/m1/s1. The van der Waals surface area contributed by atoms with Gasteiger partial charge in [0.25, 0.3) is 11.6 Å². The van der Waals surface area contributed by atoms with E-state index in [-0.39, 0.29) is 18.0 Å². The molecule has 2 aromatic carbocycles. The van der Waals surface area contributed by atoms with Gasteiger partial charge >= 0.3 is 0 Å². The maximum Gasteiger partial charge on any atom is 0.271 e. The predicted molar refractivity (Wildman–Crippen MR) is 89.1 cm³/mol. The summed E-state index contributed by atoms with van der Waals surface area (Å²) in [6.07, 6.45) is -0.0337. The van der Waals surface area contributed by atoms with Gasteiger partial charge in [0.05, 0.1) is 17.0 Å². The third-order valence-corrected chi connectivity index (χ3v) is 3.85. The number of halogens is 1. The van der Waals surface area contributed by atoms with Crippen LogP contribution in [0.2, 0.25) is 5.02 Å². The summed E-state index contributed by atoms with van der Waals surface area (Å²) in [6, 6.07) is 11.5. The van der Waals surface area contributed by atoms with E-state index in [1.54, 1.807) is 24.3 Å². The lowest BCUT2D eigenvalue weighted by Crippen LogP contribution is -2.34. The highest BCUT2D eigenvalue weighted by Crippen LogP contribution is 2.27. The highest BCUT2D eigenvalue weighted by molar-refractivity contribution is 6.31. The van der Waals surface area contributed by atoms with Crippen LogP contribution in [0, 0.1) is 10.1 Å². The quantitative estimate of drug-likeness (QED) is 0.522. The normalized spacial score (nSPS) is 17.2. The second-order valence-corrected chi connectivity index (χ2v) is 5.69. The summed E-state index contributed by atoms with van der Waals surface area (Å²) < 4.78 is 0. The fourth-order valence-electron chi connectivity index (χ4n) is 2.54. The number of nitro benzene ring substituents is 1. The SMILES string of the molecule is O=C1C[C@@H](Nc2cccc([N+](=O)[O-])c2)C(=O)N1c1cccc(Cl)c1. The average Bonchev–Trinajstić information content (AvgIpc) is 2.81. The minimum atomic E-state index is -0.779. The number of nitrogens with one attached hydrogen (secondary N) is 1. The summed E-state index contributed by atoms with van der Waals surface area (Å²) >= 11 is 5.90. The van der Waals surface area contributed by atoms with Gasteiger partial charge in [-0.3, -0.25) is 19.7 Å². The van der Waals surface area contributed by atoms with Crippen LogP contribution in [0.4, 0.5) is 17.1 Å². The third kappa shape index (κ3) is 3.07. The van der Waals surface area contributed by atoms with Crippen LogP contribution in [0.25, 0.3) is 0 Å². The van der Waals surface area contributed by atoms with Crippen molar-refractivity contribution in [1.82, 2.24) is 0 Å². The molecule has 7 nitrogen and oxygen atoms in total. The van der Waals surface area contributed by atoms with Crippen molar-refractivity contribution in [2.75, 3.05) is 10.2 Å². The molecule has 1 N–H and O–H groups in total. The zero-order valence-corrected chi connectivity index (χ0v) is 13.1. The van der Waals surface area contributed by atoms with Gasteiger partial charge in [-0.2, -0.15) is 0 Å². The second-order valence-electron chi connectivity index (χ2n) is 5.26. The second kappa shape index (κ2) is 6.29. The number of benzene rings is 2. The molecule has 1 aliphatic heterocycles. The Morgan fingerprint density at radius 1 is 1.17 bits per heavy atom. The number of amides is 2. The van der Waals surface area contributed by atoms with Crippen LogP contribution in [-0.4, -0.2) is 22.8 Å². The number of nitrogens with zero attached hydrogens (tertiary/aromatic N) is 2. The van der Waals surface area contributed by atoms with E-state index in [0.717, 1.165) is 4.90 Å². The van der Waals surface area contributed by atoms with Crippen molar-refractivity contribution >= 4 is 40.5 Å². The largest absolute Gasteiger partial charge is 0.373 e. The molecular formula is C16H12ClN3O4. The van der Waals surface area contributed by atoms with Crippen molar-refractivity contribution in [3.8, 4) is 0 Å². The van der Waals surface area contributed by atoms with Crippen LogP contribution < -0.4 is 10.2 Å². The molecule has 0 aliphatic carbocycles. The summed E-state index contributed by atoms with van der Waals surface area (Å²) in [6.45, 7) is 0. The Morgan fingerprint density at radius 2 is 1.92 bits per heavy atom. The summed E-state index contributed by atoms with van der Waals surface area (Å²) in [5.74, 6) is -0.779. The minimum absolute atomic E-state index is 0.0337. The third-order valence-electron chi connectivity index (χ3n) is 3.61. The highest BCUT2D eigenvalue weighted by atomic mass is 35.5. The van der Waals surface area contributed by atoms with Gasteiger partial charge in [0, 0.05) is 22.8 Å². The van der Waals surface area contributed by atoms with E-state index in [1.165, 1.54) is 24.3 Å². The zero-order valence-electron chi connectivity index (χ0n) is 12.3. The molecule has 2 amide bonds. The van der Waals surface area contributed by atoms with Gasteiger partial charge in [0.1, 0.15) is 6.04 Å². The maximum absolute atomic E-state index is 12.5. The smallest absolute Gasteiger partial charge is 0.271 e. The van der Waals surface area contributed by atoms with Gasteiger partial charge in [-0.1, -0.05) is 23.7 Å². The molecule has 0 unspecified atom stereocenters. The topological polar surface area (TPSA) is 92.5 Å². The number of nitro groups is 1. The molecule has 0 saturated carbocycles. The van der Waals surface area contributed by atoms with Crippen LogP contribution in [0.1, 0.15) is 6.42 Å². The Balaban J connectivity index is 1.82. The Hall–Kier alpha value is -2.93. The molecular weight excluding hydrogens is 334 g/mol. The van der Waals surface area contributed by atoms with E-state index in [9.17, 15) is 19.7 Å². The first-order chi connectivity index (χ1) is 11.5. The summed E-state index contributed by atoms with van der Waals surface area (Å²) in [5.41, 5.74) is 0.715. The molecule has 24 heavy (non-hydrogen) atoms. The summed E-state index contributed by atoms with van der Waals surface area (Å²) in [4.78, 5) is 36.1. The molecule has 0 spiro atoms. The number of anilines is 2. The van der Waals surface area contributed by atoms with Crippen LogP contribution in [-0.2, 0) is 9.59 Å². The predicted octanol–water partition coefficient (Wildman–Crippen LogP) is 2.99. The fraction of sp³-hybridized carbons (Fsp3) is 0.125. The molecule has 8 heteroatoms. The van der Waals surface area contributed by atoms with Crippen molar-refractivity contribution in [2.24, 2.45) is 0 Å². The molecule has 0 aromatic heterocycles. The number of carbonyl (C=O) groups is 2. The minimum Gasteiger partial charge on any atom is -0.373 e. The van der Waals surface area contributed by atoms with E-state index >= 15 is 0 Å². The zero-order chi connectivity index (χ0) is 17.3. The van der Waals surface area contributed by atoms with E-state index in [0.29, 0.717) is 16.4 Å². The molecule has 1 saturated heterocycles. The molecule has 1 heterocycles. The molecule has 122 valence electrons. The van der Waals surface area contributed by atoms with Crippen molar-refractivity contribution in [3.05, 3.63) is 63.7 Å². The van der Waals surface area contributed by atoms with Crippen molar-refractivity contribution in [2.45, 2.75) is 12.5 Å². The van der Waals surface area contributed by atoms with Crippen molar-refractivity contribution < 1.29 is 14.5 Å². The lowest BCUT2D eigenvalue weighted by atomic mass is 10.2. The van der Waals surface area contributed by atoms with Crippen LogP contribution in [0.3, 0.4) is 0 Å². The molecule has 1 atom stereocenters.